The highest BCUT2D eigenvalue weighted by Gasteiger charge is 2.28. The number of aromatic nitrogens is 8. The fourth-order valence-corrected chi connectivity index (χ4v) is 4.78. The molecule has 0 fully saturated rings. The van der Waals surface area contributed by atoms with Crippen molar-refractivity contribution in [1.82, 2.24) is 39.7 Å². The molecule has 5 heterocycles. The van der Waals surface area contributed by atoms with Crippen LogP contribution in [0.2, 0.25) is 5.02 Å². The zero-order valence-electron chi connectivity index (χ0n) is 19.0. The van der Waals surface area contributed by atoms with E-state index in [9.17, 15) is 9.59 Å². The molecule has 1 aliphatic rings. The molecule has 3 N–H and O–H groups in total. The van der Waals surface area contributed by atoms with Crippen molar-refractivity contribution in [2.24, 2.45) is 0 Å². The van der Waals surface area contributed by atoms with Crippen LogP contribution in [0.25, 0.3) is 28.2 Å². The molecule has 0 saturated carbocycles. The van der Waals surface area contributed by atoms with Crippen LogP contribution in [-0.4, -0.2) is 50.9 Å². The van der Waals surface area contributed by atoms with Crippen molar-refractivity contribution < 1.29 is 9.90 Å². The first-order valence-electron chi connectivity index (χ1n) is 11.3. The highest BCUT2D eigenvalue weighted by molar-refractivity contribution is 6.31. The number of pyridine rings is 2. The molecule has 4 aromatic heterocycles. The smallest absolute Gasteiger partial charge is 0.409 e. The summed E-state index contributed by atoms with van der Waals surface area (Å²) in [5, 5.41) is 23.0. The van der Waals surface area contributed by atoms with E-state index in [1.807, 2.05) is 12.1 Å². The number of hydrogen-bond donors (Lipinski definition) is 3. The van der Waals surface area contributed by atoms with Crippen LogP contribution in [0.3, 0.4) is 0 Å². The molecule has 184 valence electrons. The minimum absolute atomic E-state index is 0.155. The first-order valence-corrected chi connectivity index (χ1v) is 11.6. The highest BCUT2D eigenvalue weighted by Crippen LogP contribution is 2.34. The van der Waals surface area contributed by atoms with Gasteiger partial charge in [0.2, 0.25) is 0 Å². The van der Waals surface area contributed by atoms with E-state index < -0.39 is 6.09 Å². The Labute approximate surface area is 213 Å². The number of aryl methyl sites for hydroxylation is 1. The number of carboxylic acid groups (broad SMARTS) is 1. The number of benzene rings is 1. The summed E-state index contributed by atoms with van der Waals surface area (Å²) in [4.78, 5) is 36.2. The summed E-state index contributed by atoms with van der Waals surface area (Å²) >= 11 is 6.28. The number of anilines is 1. The quantitative estimate of drug-likeness (QED) is 0.320. The fourth-order valence-electron chi connectivity index (χ4n) is 4.61. The molecule has 12 nitrogen and oxygen atoms in total. The van der Waals surface area contributed by atoms with Gasteiger partial charge in [0.1, 0.15) is 12.2 Å². The van der Waals surface area contributed by atoms with Crippen LogP contribution in [0.4, 0.5) is 10.5 Å². The Balaban J connectivity index is 1.32. The fraction of sp³-hybridized carbons (Fsp3) is 0.125. The average Bonchev–Trinajstić information content (AvgIpc) is 3.65. The van der Waals surface area contributed by atoms with Gasteiger partial charge in [0, 0.05) is 22.3 Å². The van der Waals surface area contributed by atoms with Gasteiger partial charge in [-0.05, 0) is 65.2 Å². The molecule has 6 rings (SSSR count). The minimum Gasteiger partial charge on any atom is -0.465 e. The van der Waals surface area contributed by atoms with Crippen LogP contribution < -0.4 is 10.9 Å². The van der Waals surface area contributed by atoms with E-state index in [2.05, 4.69) is 35.8 Å². The number of tetrazole rings is 1. The standard InChI is InChI=1S/C24H18ClN9O3/c25-14-1-5-20(33-12-28-31-32-33)17(9-14)13-7-16-3-6-21(34(16)22(35)8-13)23-27-11-19(30-23)18-4-2-15(10-26-18)29-24(36)37/h1-2,4-5,7-12,21,29H,3,6H2,(H,27,30)(H,36,37)/t21-/m0/s1. The number of halogens is 1. The van der Waals surface area contributed by atoms with Gasteiger partial charge in [-0.15, -0.1) is 5.10 Å². The Hall–Kier alpha value is -4.84. The molecule has 37 heavy (non-hydrogen) atoms. The third kappa shape index (κ3) is 4.23. The van der Waals surface area contributed by atoms with Crippen molar-refractivity contribution in [1.29, 1.82) is 0 Å². The van der Waals surface area contributed by atoms with Crippen LogP contribution in [0.5, 0.6) is 0 Å². The molecule has 1 amide bonds. The molecule has 1 atom stereocenters. The second-order valence-electron chi connectivity index (χ2n) is 8.46. The Kier molecular flexibility index (Phi) is 5.49. The van der Waals surface area contributed by atoms with E-state index in [1.165, 1.54) is 17.2 Å². The van der Waals surface area contributed by atoms with Crippen molar-refractivity contribution >= 4 is 23.4 Å². The van der Waals surface area contributed by atoms with Crippen LogP contribution in [-0.2, 0) is 6.42 Å². The molecule has 0 unspecified atom stereocenters. The molecular formula is C24H18ClN9O3. The third-order valence-electron chi connectivity index (χ3n) is 6.20. The number of hydrogen-bond acceptors (Lipinski definition) is 7. The predicted octanol–water partition coefficient (Wildman–Crippen LogP) is 3.56. The summed E-state index contributed by atoms with van der Waals surface area (Å²) in [6.45, 7) is 0. The van der Waals surface area contributed by atoms with Gasteiger partial charge < -0.3 is 14.7 Å². The van der Waals surface area contributed by atoms with Gasteiger partial charge in [-0.3, -0.25) is 15.1 Å². The maximum Gasteiger partial charge on any atom is 0.409 e. The lowest BCUT2D eigenvalue weighted by Crippen LogP contribution is -2.23. The lowest BCUT2D eigenvalue weighted by atomic mass is 10.0. The zero-order valence-corrected chi connectivity index (χ0v) is 19.8. The number of aromatic amines is 1. The van der Waals surface area contributed by atoms with Crippen LogP contribution in [0.1, 0.15) is 24.0 Å². The summed E-state index contributed by atoms with van der Waals surface area (Å²) in [5.74, 6) is 0.648. The maximum atomic E-state index is 13.3. The highest BCUT2D eigenvalue weighted by atomic mass is 35.5. The van der Waals surface area contributed by atoms with E-state index >= 15 is 0 Å². The zero-order chi connectivity index (χ0) is 25.5. The normalized spacial score (nSPS) is 14.5. The maximum absolute atomic E-state index is 13.3. The van der Waals surface area contributed by atoms with Gasteiger partial charge in [0.25, 0.3) is 5.56 Å². The molecule has 1 aromatic carbocycles. The summed E-state index contributed by atoms with van der Waals surface area (Å²) in [6, 6.07) is 12.0. The lowest BCUT2D eigenvalue weighted by molar-refractivity contribution is 0.209. The van der Waals surface area contributed by atoms with Gasteiger partial charge in [-0.1, -0.05) is 11.6 Å². The summed E-state index contributed by atoms with van der Waals surface area (Å²) in [6.07, 6.45) is 4.81. The first kappa shape index (κ1) is 22.6. The van der Waals surface area contributed by atoms with E-state index in [0.29, 0.717) is 46.5 Å². The van der Waals surface area contributed by atoms with Gasteiger partial charge >= 0.3 is 6.09 Å². The molecule has 0 aliphatic carbocycles. The SMILES string of the molecule is O=C(O)Nc1ccc(-c2cnc([C@@H]3CCc4cc(-c5cc(Cl)ccc5-n5cnnn5)cc(=O)n43)[nH]2)nc1. The van der Waals surface area contributed by atoms with E-state index in [0.717, 1.165) is 16.8 Å². The number of H-pyrrole nitrogens is 1. The van der Waals surface area contributed by atoms with Gasteiger partial charge in [0.05, 0.1) is 41.2 Å². The van der Waals surface area contributed by atoms with Crippen molar-refractivity contribution in [3.05, 3.63) is 88.1 Å². The average molecular weight is 516 g/mol. The number of amides is 1. The van der Waals surface area contributed by atoms with Crippen molar-refractivity contribution in [3.8, 4) is 28.2 Å². The number of rotatable bonds is 5. The van der Waals surface area contributed by atoms with Gasteiger partial charge in [-0.25, -0.2) is 9.78 Å². The van der Waals surface area contributed by atoms with Crippen molar-refractivity contribution in [3.63, 3.8) is 0 Å². The summed E-state index contributed by atoms with van der Waals surface area (Å²) < 4.78 is 3.28. The van der Waals surface area contributed by atoms with E-state index in [-0.39, 0.29) is 11.6 Å². The number of fused-ring (bicyclic) bond motifs is 1. The van der Waals surface area contributed by atoms with Crippen molar-refractivity contribution in [2.75, 3.05) is 5.32 Å². The Morgan fingerprint density at radius 1 is 1.14 bits per heavy atom. The molecule has 0 radical (unpaired) electrons. The van der Waals surface area contributed by atoms with Crippen LogP contribution in [0.15, 0.2) is 66.0 Å². The monoisotopic (exact) mass is 515 g/mol. The van der Waals surface area contributed by atoms with Gasteiger partial charge in [-0.2, -0.15) is 4.68 Å². The Bertz CT molecular complexity index is 1680. The molecular weight excluding hydrogens is 498 g/mol. The molecule has 5 aromatic rings. The van der Waals surface area contributed by atoms with E-state index in [4.69, 9.17) is 16.7 Å². The Morgan fingerprint density at radius 2 is 2.03 bits per heavy atom. The third-order valence-corrected chi connectivity index (χ3v) is 6.44. The molecule has 0 spiro atoms. The summed E-state index contributed by atoms with van der Waals surface area (Å²) in [7, 11) is 0. The number of imidazole rings is 1. The first-order chi connectivity index (χ1) is 18.0. The predicted molar refractivity (Wildman–Crippen MR) is 134 cm³/mol. The Morgan fingerprint density at radius 3 is 2.78 bits per heavy atom. The second kappa shape index (κ2) is 8.99. The minimum atomic E-state index is -1.16. The van der Waals surface area contributed by atoms with Crippen molar-refractivity contribution in [2.45, 2.75) is 18.9 Å². The summed E-state index contributed by atoms with van der Waals surface area (Å²) in [5.41, 5.74) is 4.55. The van der Waals surface area contributed by atoms with E-state index in [1.54, 1.807) is 41.1 Å². The molecule has 0 saturated heterocycles. The van der Waals surface area contributed by atoms with Crippen LogP contribution >= 0.6 is 11.6 Å². The molecule has 1 aliphatic heterocycles. The largest absolute Gasteiger partial charge is 0.465 e. The number of nitrogens with zero attached hydrogens (tertiary/aromatic N) is 7. The second-order valence-corrected chi connectivity index (χ2v) is 8.89. The molecule has 13 heteroatoms. The lowest BCUT2D eigenvalue weighted by Gasteiger charge is -2.15. The van der Waals surface area contributed by atoms with Gasteiger partial charge in [0.15, 0.2) is 0 Å². The topological polar surface area (TPSA) is 156 Å². The molecule has 0 bridgehead atoms. The number of nitrogens with one attached hydrogen (secondary N) is 2. The number of carbonyl (C=O) groups is 1. The van der Waals surface area contributed by atoms with Crippen LogP contribution in [0, 0.1) is 0 Å².